The van der Waals surface area contributed by atoms with E-state index in [2.05, 4.69) is 4.72 Å². The number of alkyl halides is 1. The van der Waals surface area contributed by atoms with Gasteiger partial charge >= 0.3 is 0 Å². The molecule has 1 aliphatic carbocycles. The first kappa shape index (κ1) is 19.3. The van der Waals surface area contributed by atoms with Crippen molar-refractivity contribution in [2.75, 3.05) is 19.6 Å². The molecule has 0 spiro atoms. The Morgan fingerprint density at radius 3 is 2.73 bits per heavy atom. The lowest BCUT2D eigenvalue weighted by atomic mass is 9.88. The minimum Gasteiger partial charge on any atom is -0.489 e. The Hall–Kier alpha value is -1.49. The zero-order valence-corrected chi connectivity index (χ0v) is 15.6. The first-order chi connectivity index (χ1) is 12.1. The third-order valence-corrected chi connectivity index (χ3v) is 6.70. The summed E-state index contributed by atoms with van der Waals surface area (Å²) in [6.07, 6.45) is 5.10. The lowest BCUT2D eigenvalue weighted by Gasteiger charge is -2.27. The molecule has 1 amide bonds. The van der Waals surface area contributed by atoms with E-state index >= 15 is 0 Å². The normalized spacial score (nSPS) is 35.8. The van der Waals surface area contributed by atoms with Gasteiger partial charge in [0.05, 0.1) is 13.1 Å². The minimum atomic E-state index is -3.86. The third kappa shape index (κ3) is 3.93. The van der Waals surface area contributed by atoms with Crippen molar-refractivity contribution in [1.29, 1.82) is 0 Å². The van der Waals surface area contributed by atoms with E-state index in [0.29, 0.717) is 17.2 Å². The van der Waals surface area contributed by atoms with Crippen LogP contribution >= 0.6 is 0 Å². The standard InChI is InChI=1S/C16H24FN3O5S/c1-11-9-12(3-6-16(11,2)17)25-13-4-7-19(10-13)26(23,24)18-14-5-8-20(22)15(14)21/h3,6,9,11,13-14,18,22H,4-5,7-8,10H2,1-2H3. The fourth-order valence-corrected chi connectivity index (χ4v) is 4.61. The maximum atomic E-state index is 14.1. The zero-order valence-electron chi connectivity index (χ0n) is 14.8. The Labute approximate surface area is 152 Å². The molecule has 2 saturated heterocycles. The summed E-state index contributed by atoms with van der Waals surface area (Å²) < 4.78 is 48.3. The molecule has 2 aliphatic heterocycles. The van der Waals surface area contributed by atoms with E-state index in [1.807, 2.05) is 0 Å². The van der Waals surface area contributed by atoms with E-state index in [4.69, 9.17) is 4.74 Å². The molecule has 0 aromatic heterocycles. The number of hydroxylamine groups is 2. The number of carbonyl (C=O) groups is 1. The summed E-state index contributed by atoms with van der Waals surface area (Å²) in [5.41, 5.74) is -1.42. The van der Waals surface area contributed by atoms with Crippen LogP contribution in [0.4, 0.5) is 4.39 Å². The van der Waals surface area contributed by atoms with Gasteiger partial charge < -0.3 is 4.74 Å². The SMILES string of the molecule is CC1C=C(OC2CCN(S(=O)(=O)NC3CCN(O)C3=O)C2)C=CC1(C)F. The Morgan fingerprint density at radius 2 is 2.12 bits per heavy atom. The summed E-state index contributed by atoms with van der Waals surface area (Å²) >= 11 is 0. The Bertz CT molecular complexity index is 736. The molecule has 3 aliphatic rings. The second kappa shape index (κ2) is 6.91. The topological polar surface area (TPSA) is 99.2 Å². The summed E-state index contributed by atoms with van der Waals surface area (Å²) in [5.74, 6) is -0.451. The lowest BCUT2D eigenvalue weighted by Crippen LogP contribution is -2.47. The van der Waals surface area contributed by atoms with Gasteiger partial charge in [0.2, 0.25) is 0 Å². The predicted molar refractivity (Wildman–Crippen MR) is 90.9 cm³/mol. The van der Waals surface area contributed by atoms with Crippen molar-refractivity contribution < 1.29 is 27.5 Å². The number of amides is 1. The maximum Gasteiger partial charge on any atom is 0.280 e. The van der Waals surface area contributed by atoms with Gasteiger partial charge in [0.1, 0.15) is 23.6 Å². The van der Waals surface area contributed by atoms with Crippen molar-refractivity contribution in [3.8, 4) is 0 Å². The van der Waals surface area contributed by atoms with Crippen LogP contribution in [0.1, 0.15) is 26.7 Å². The van der Waals surface area contributed by atoms with Crippen molar-refractivity contribution in [3.05, 3.63) is 24.0 Å². The van der Waals surface area contributed by atoms with Crippen LogP contribution in [-0.4, -0.2) is 66.3 Å². The van der Waals surface area contributed by atoms with Crippen LogP contribution in [0.2, 0.25) is 0 Å². The number of carbonyl (C=O) groups excluding carboxylic acids is 1. The zero-order chi connectivity index (χ0) is 19.1. The van der Waals surface area contributed by atoms with Crippen LogP contribution in [0, 0.1) is 5.92 Å². The summed E-state index contributed by atoms with van der Waals surface area (Å²) in [6.45, 7) is 3.76. The molecule has 4 atom stereocenters. The summed E-state index contributed by atoms with van der Waals surface area (Å²) in [4.78, 5) is 11.7. The molecule has 26 heavy (non-hydrogen) atoms. The van der Waals surface area contributed by atoms with Crippen LogP contribution < -0.4 is 4.72 Å². The van der Waals surface area contributed by atoms with E-state index in [0.717, 1.165) is 0 Å². The van der Waals surface area contributed by atoms with Crippen LogP contribution in [0.25, 0.3) is 0 Å². The maximum absolute atomic E-state index is 14.1. The highest BCUT2D eigenvalue weighted by Crippen LogP contribution is 2.31. The van der Waals surface area contributed by atoms with Crippen LogP contribution in [0.5, 0.6) is 0 Å². The molecule has 3 rings (SSSR count). The molecule has 0 aromatic rings. The molecular weight excluding hydrogens is 365 g/mol. The molecule has 10 heteroatoms. The van der Waals surface area contributed by atoms with Crippen molar-refractivity contribution >= 4 is 16.1 Å². The molecule has 0 saturated carbocycles. The van der Waals surface area contributed by atoms with Crippen LogP contribution in [0.15, 0.2) is 24.0 Å². The van der Waals surface area contributed by atoms with Gasteiger partial charge in [-0.25, -0.2) is 9.45 Å². The Kier molecular flexibility index (Phi) is 5.13. The largest absolute Gasteiger partial charge is 0.489 e. The molecule has 2 N–H and O–H groups in total. The third-order valence-electron chi connectivity index (χ3n) is 5.10. The molecular formula is C16H24FN3O5S. The highest BCUT2D eigenvalue weighted by atomic mass is 32.2. The number of hydrogen-bond donors (Lipinski definition) is 2. The number of hydrogen-bond acceptors (Lipinski definition) is 5. The highest BCUT2D eigenvalue weighted by molar-refractivity contribution is 7.87. The van der Waals surface area contributed by atoms with Gasteiger partial charge in [0.25, 0.3) is 16.1 Å². The fraction of sp³-hybridized carbons (Fsp3) is 0.688. The van der Waals surface area contributed by atoms with E-state index in [9.17, 15) is 22.8 Å². The van der Waals surface area contributed by atoms with Crippen LogP contribution in [-0.2, 0) is 19.7 Å². The van der Waals surface area contributed by atoms with Gasteiger partial charge in [-0.15, -0.1) is 0 Å². The molecule has 0 radical (unpaired) electrons. The van der Waals surface area contributed by atoms with Crippen LogP contribution in [0.3, 0.4) is 0 Å². The van der Waals surface area contributed by atoms with Gasteiger partial charge in [0, 0.05) is 12.5 Å². The number of halogens is 1. The van der Waals surface area contributed by atoms with Gasteiger partial charge in [-0.2, -0.15) is 17.4 Å². The summed E-state index contributed by atoms with van der Waals surface area (Å²) in [6, 6.07) is -0.947. The molecule has 8 nitrogen and oxygen atoms in total. The second-order valence-corrected chi connectivity index (χ2v) is 8.86. The van der Waals surface area contributed by atoms with Gasteiger partial charge in [-0.1, -0.05) is 6.92 Å². The predicted octanol–water partition coefficient (Wildman–Crippen LogP) is 0.720. The quantitative estimate of drug-likeness (QED) is 0.675. The molecule has 2 fully saturated rings. The van der Waals surface area contributed by atoms with E-state index < -0.39 is 27.8 Å². The number of nitrogens with zero attached hydrogens (tertiary/aromatic N) is 2. The van der Waals surface area contributed by atoms with Crippen molar-refractivity contribution in [2.24, 2.45) is 5.92 Å². The highest BCUT2D eigenvalue weighted by Gasteiger charge is 2.39. The van der Waals surface area contributed by atoms with E-state index in [1.54, 1.807) is 19.1 Å². The van der Waals surface area contributed by atoms with E-state index in [-0.39, 0.29) is 38.1 Å². The summed E-state index contributed by atoms with van der Waals surface area (Å²) in [7, 11) is -3.86. The number of allylic oxidation sites excluding steroid dienone is 3. The van der Waals surface area contributed by atoms with Crippen molar-refractivity contribution in [1.82, 2.24) is 14.1 Å². The minimum absolute atomic E-state index is 0.101. The Morgan fingerprint density at radius 1 is 1.38 bits per heavy atom. The number of nitrogens with one attached hydrogen (secondary N) is 1. The van der Waals surface area contributed by atoms with E-state index in [1.165, 1.54) is 17.3 Å². The Balaban J connectivity index is 1.57. The van der Waals surface area contributed by atoms with Gasteiger partial charge in [-0.05, 0) is 38.0 Å². The average molecular weight is 389 g/mol. The van der Waals surface area contributed by atoms with Gasteiger partial charge in [-0.3, -0.25) is 10.0 Å². The summed E-state index contributed by atoms with van der Waals surface area (Å²) in [5, 5.41) is 9.81. The number of ether oxygens (including phenoxy) is 1. The van der Waals surface area contributed by atoms with Crippen molar-refractivity contribution in [2.45, 2.75) is 44.5 Å². The molecule has 0 bridgehead atoms. The second-order valence-electron chi connectivity index (χ2n) is 7.15. The first-order valence-electron chi connectivity index (χ1n) is 8.63. The average Bonchev–Trinajstić information content (AvgIpc) is 3.14. The lowest BCUT2D eigenvalue weighted by molar-refractivity contribution is -0.158. The molecule has 4 unspecified atom stereocenters. The molecule has 2 heterocycles. The number of rotatable bonds is 5. The fourth-order valence-electron chi connectivity index (χ4n) is 3.17. The monoisotopic (exact) mass is 389 g/mol. The van der Waals surface area contributed by atoms with Gasteiger partial charge in [0.15, 0.2) is 0 Å². The smallest absolute Gasteiger partial charge is 0.280 e. The van der Waals surface area contributed by atoms with Crippen molar-refractivity contribution in [3.63, 3.8) is 0 Å². The molecule has 0 aromatic carbocycles. The molecule has 146 valence electrons. The first-order valence-corrected chi connectivity index (χ1v) is 10.1.